The zero-order chi connectivity index (χ0) is 13.8. The van der Waals surface area contributed by atoms with Gasteiger partial charge in [-0.1, -0.05) is 51.1 Å². The SMILES string of the molecule is CC(C)C1CCN(CC(C)C(N)c2ccccc2)C1. The van der Waals surface area contributed by atoms with Crippen molar-refractivity contribution in [2.24, 2.45) is 23.5 Å². The minimum atomic E-state index is 0.152. The van der Waals surface area contributed by atoms with Gasteiger partial charge in [0.25, 0.3) is 0 Å². The van der Waals surface area contributed by atoms with E-state index in [4.69, 9.17) is 5.73 Å². The first-order valence-electron chi connectivity index (χ1n) is 7.60. The summed E-state index contributed by atoms with van der Waals surface area (Å²) in [6.45, 7) is 10.6. The average Bonchev–Trinajstić information content (AvgIpc) is 2.87. The van der Waals surface area contributed by atoms with E-state index in [1.807, 2.05) is 0 Å². The molecule has 1 saturated heterocycles. The van der Waals surface area contributed by atoms with Crippen LogP contribution in [0.5, 0.6) is 0 Å². The van der Waals surface area contributed by atoms with Gasteiger partial charge in [0.2, 0.25) is 0 Å². The predicted octanol–water partition coefficient (Wildman–Crippen LogP) is 3.30. The fourth-order valence-corrected chi connectivity index (χ4v) is 3.10. The summed E-state index contributed by atoms with van der Waals surface area (Å²) in [5.41, 5.74) is 7.64. The van der Waals surface area contributed by atoms with Crippen molar-refractivity contribution in [2.75, 3.05) is 19.6 Å². The standard InChI is InChI=1S/C17H28N2/c1-13(2)16-9-10-19(12-16)11-14(3)17(18)15-7-5-4-6-8-15/h4-8,13-14,16-17H,9-12,18H2,1-3H3. The lowest BCUT2D eigenvalue weighted by Crippen LogP contribution is -2.32. The van der Waals surface area contributed by atoms with Crippen LogP contribution >= 0.6 is 0 Å². The number of rotatable bonds is 5. The normalized spacial score (nSPS) is 23.7. The highest BCUT2D eigenvalue weighted by Gasteiger charge is 2.27. The van der Waals surface area contributed by atoms with Crippen LogP contribution in [-0.4, -0.2) is 24.5 Å². The van der Waals surface area contributed by atoms with E-state index in [1.54, 1.807) is 0 Å². The van der Waals surface area contributed by atoms with Crippen molar-refractivity contribution >= 4 is 0 Å². The van der Waals surface area contributed by atoms with Crippen molar-refractivity contribution in [3.63, 3.8) is 0 Å². The van der Waals surface area contributed by atoms with Crippen LogP contribution in [0.25, 0.3) is 0 Å². The molecular formula is C17H28N2. The molecule has 0 amide bonds. The van der Waals surface area contributed by atoms with Crippen LogP contribution in [0.1, 0.15) is 38.8 Å². The van der Waals surface area contributed by atoms with E-state index >= 15 is 0 Å². The van der Waals surface area contributed by atoms with Crippen molar-refractivity contribution in [1.29, 1.82) is 0 Å². The maximum atomic E-state index is 6.38. The maximum absolute atomic E-state index is 6.38. The van der Waals surface area contributed by atoms with Crippen molar-refractivity contribution in [3.8, 4) is 0 Å². The van der Waals surface area contributed by atoms with Crippen LogP contribution in [0, 0.1) is 17.8 Å². The second-order valence-corrected chi connectivity index (χ2v) is 6.47. The molecule has 0 spiro atoms. The van der Waals surface area contributed by atoms with E-state index < -0.39 is 0 Å². The third-order valence-corrected chi connectivity index (χ3v) is 4.60. The molecule has 2 nitrogen and oxygen atoms in total. The summed E-state index contributed by atoms with van der Waals surface area (Å²) in [7, 11) is 0. The van der Waals surface area contributed by atoms with Crippen molar-refractivity contribution in [3.05, 3.63) is 35.9 Å². The number of hydrogen-bond acceptors (Lipinski definition) is 2. The molecule has 0 aliphatic carbocycles. The maximum Gasteiger partial charge on any atom is 0.0333 e. The van der Waals surface area contributed by atoms with Gasteiger partial charge < -0.3 is 10.6 Å². The summed E-state index contributed by atoms with van der Waals surface area (Å²) in [6, 6.07) is 10.6. The molecule has 1 aliphatic heterocycles. The van der Waals surface area contributed by atoms with Crippen LogP contribution in [0.2, 0.25) is 0 Å². The Hall–Kier alpha value is -0.860. The molecule has 1 heterocycles. The molecule has 3 atom stereocenters. The lowest BCUT2D eigenvalue weighted by atomic mass is 9.94. The Morgan fingerprint density at radius 3 is 2.47 bits per heavy atom. The van der Waals surface area contributed by atoms with Crippen LogP contribution in [0.4, 0.5) is 0 Å². The molecule has 106 valence electrons. The van der Waals surface area contributed by atoms with E-state index in [1.165, 1.54) is 25.1 Å². The summed E-state index contributed by atoms with van der Waals surface area (Å²) in [5.74, 6) is 2.19. The average molecular weight is 260 g/mol. The van der Waals surface area contributed by atoms with Gasteiger partial charge in [-0.3, -0.25) is 0 Å². The summed E-state index contributed by atoms with van der Waals surface area (Å²) in [6.07, 6.45) is 1.35. The Morgan fingerprint density at radius 2 is 1.89 bits per heavy atom. The van der Waals surface area contributed by atoms with E-state index in [-0.39, 0.29) is 6.04 Å². The summed E-state index contributed by atoms with van der Waals surface area (Å²) in [5, 5.41) is 0. The minimum absolute atomic E-state index is 0.152. The Bertz CT molecular complexity index is 374. The lowest BCUT2D eigenvalue weighted by molar-refractivity contribution is 0.248. The first-order chi connectivity index (χ1) is 9.08. The van der Waals surface area contributed by atoms with Gasteiger partial charge >= 0.3 is 0 Å². The van der Waals surface area contributed by atoms with Crippen LogP contribution in [0.3, 0.4) is 0 Å². The third-order valence-electron chi connectivity index (χ3n) is 4.60. The van der Waals surface area contributed by atoms with E-state index in [0.29, 0.717) is 5.92 Å². The van der Waals surface area contributed by atoms with Crippen LogP contribution < -0.4 is 5.73 Å². The fourth-order valence-electron chi connectivity index (χ4n) is 3.10. The molecule has 0 bridgehead atoms. The van der Waals surface area contributed by atoms with Gasteiger partial charge in [0.05, 0.1) is 0 Å². The van der Waals surface area contributed by atoms with Crippen LogP contribution in [0.15, 0.2) is 30.3 Å². The number of likely N-dealkylation sites (tertiary alicyclic amines) is 1. The van der Waals surface area contributed by atoms with E-state index in [2.05, 4.69) is 56.0 Å². The Labute approximate surface area is 118 Å². The fraction of sp³-hybridized carbons (Fsp3) is 0.647. The highest BCUT2D eigenvalue weighted by Crippen LogP contribution is 2.26. The van der Waals surface area contributed by atoms with Gasteiger partial charge in [-0.25, -0.2) is 0 Å². The molecule has 2 rings (SSSR count). The number of benzene rings is 1. The molecule has 19 heavy (non-hydrogen) atoms. The molecule has 0 saturated carbocycles. The van der Waals surface area contributed by atoms with Gasteiger partial charge in [-0.2, -0.15) is 0 Å². The molecule has 1 aliphatic rings. The molecule has 0 aromatic heterocycles. The predicted molar refractivity (Wildman–Crippen MR) is 81.9 cm³/mol. The topological polar surface area (TPSA) is 29.3 Å². The number of nitrogens with zero attached hydrogens (tertiary/aromatic N) is 1. The second-order valence-electron chi connectivity index (χ2n) is 6.47. The number of nitrogens with two attached hydrogens (primary N) is 1. The van der Waals surface area contributed by atoms with Crippen molar-refractivity contribution in [2.45, 2.75) is 33.2 Å². The Balaban J connectivity index is 1.86. The van der Waals surface area contributed by atoms with Crippen molar-refractivity contribution in [1.82, 2.24) is 4.90 Å². The summed E-state index contributed by atoms with van der Waals surface area (Å²) >= 11 is 0. The van der Waals surface area contributed by atoms with Crippen molar-refractivity contribution < 1.29 is 0 Å². The first kappa shape index (κ1) is 14.5. The molecule has 3 unspecified atom stereocenters. The second kappa shape index (κ2) is 6.53. The highest BCUT2D eigenvalue weighted by atomic mass is 15.1. The summed E-state index contributed by atoms with van der Waals surface area (Å²) in [4.78, 5) is 2.60. The Kier molecular flexibility index (Phi) is 5.00. The minimum Gasteiger partial charge on any atom is -0.324 e. The molecule has 1 aromatic carbocycles. The first-order valence-corrected chi connectivity index (χ1v) is 7.60. The molecule has 2 N–H and O–H groups in total. The van der Waals surface area contributed by atoms with E-state index in [9.17, 15) is 0 Å². The largest absolute Gasteiger partial charge is 0.324 e. The molecule has 1 aromatic rings. The molecular weight excluding hydrogens is 232 g/mol. The van der Waals surface area contributed by atoms with Gasteiger partial charge in [0.1, 0.15) is 0 Å². The lowest BCUT2D eigenvalue weighted by Gasteiger charge is -2.26. The monoisotopic (exact) mass is 260 g/mol. The zero-order valence-corrected chi connectivity index (χ0v) is 12.5. The van der Waals surface area contributed by atoms with Gasteiger partial charge in [-0.15, -0.1) is 0 Å². The number of hydrogen-bond donors (Lipinski definition) is 1. The Morgan fingerprint density at radius 1 is 1.21 bits per heavy atom. The molecule has 0 radical (unpaired) electrons. The third kappa shape index (κ3) is 3.80. The molecule has 1 fully saturated rings. The van der Waals surface area contributed by atoms with Gasteiger partial charge in [0.15, 0.2) is 0 Å². The summed E-state index contributed by atoms with van der Waals surface area (Å²) < 4.78 is 0. The van der Waals surface area contributed by atoms with Crippen LogP contribution in [-0.2, 0) is 0 Å². The molecule has 2 heteroatoms. The zero-order valence-electron chi connectivity index (χ0n) is 12.5. The highest BCUT2D eigenvalue weighted by molar-refractivity contribution is 5.19. The quantitative estimate of drug-likeness (QED) is 0.880. The smallest absolute Gasteiger partial charge is 0.0333 e. The van der Waals surface area contributed by atoms with Gasteiger partial charge in [-0.05, 0) is 36.3 Å². The van der Waals surface area contributed by atoms with Gasteiger partial charge in [0, 0.05) is 19.1 Å². The van der Waals surface area contributed by atoms with E-state index in [0.717, 1.165) is 18.4 Å².